The van der Waals surface area contributed by atoms with Gasteiger partial charge in [0.05, 0.1) is 12.6 Å². The lowest BCUT2D eigenvalue weighted by Crippen LogP contribution is -2.55. The summed E-state index contributed by atoms with van der Waals surface area (Å²) in [5, 5.41) is 12.6. The van der Waals surface area contributed by atoms with Crippen LogP contribution in [0.25, 0.3) is 0 Å². The van der Waals surface area contributed by atoms with Crippen molar-refractivity contribution < 1.29 is 9.90 Å². The molecule has 0 aliphatic rings. The van der Waals surface area contributed by atoms with Crippen molar-refractivity contribution in [3.05, 3.63) is 24.8 Å². The lowest BCUT2D eigenvalue weighted by Gasteiger charge is -2.34. The van der Waals surface area contributed by atoms with Crippen LogP contribution in [-0.2, 0) is 4.79 Å². The molecule has 0 spiro atoms. The van der Waals surface area contributed by atoms with Crippen LogP contribution in [-0.4, -0.2) is 29.7 Å². The molecule has 0 unspecified atom stereocenters. The van der Waals surface area contributed by atoms with Crippen molar-refractivity contribution in [2.75, 3.05) is 6.61 Å². The molecule has 110 valence electrons. The Balaban J connectivity index is 4.57. The Hall–Kier alpha value is -1.13. The van der Waals surface area contributed by atoms with Gasteiger partial charge in [0.2, 0.25) is 5.91 Å². The van der Waals surface area contributed by atoms with Crippen molar-refractivity contribution in [2.24, 2.45) is 11.1 Å². The molecule has 0 heterocycles. The normalized spacial score (nSPS) is 15.4. The number of nitrogens with one attached hydrogen (secondary N) is 1. The maximum absolute atomic E-state index is 11.6. The van der Waals surface area contributed by atoms with Gasteiger partial charge in [0.15, 0.2) is 0 Å². The molecule has 0 fully saturated rings. The first-order chi connectivity index (χ1) is 8.88. The first-order valence-electron chi connectivity index (χ1n) is 6.82. The molecule has 0 radical (unpaired) electrons. The Labute approximate surface area is 116 Å². The van der Waals surface area contributed by atoms with Crippen LogP contribution in [0.1, 0.15) is 40.0 Å². The first kappa shape index (κ1) is 17.9. The molecule has 0 aromatic rings. The highest BCUT2D eigenvalue weighted by Gasteiger charge is 2.33. The fraction of sp³-hybridized carbons (Fsp3) is 0.667. The monoisotopic (exact) mass is 268 g/mol. The number of carbonyl (C=O) groups is 1. The average Bonchev–Trinajstić information content (AvgIpc) is 2.37. The number of rotatable bonds is 10. The summed E-state index contributed by atoms with van der Waals surface area (Å²) in [6.45, 7) is 9.62. The second-order valence-corrected chi connectivity index (χ2v) is 5.46. The number of allylic oxidation sites excluding steroid dienone is 3. The molecule has 0 aromatic heterocycles. The Morgan fingerprint density at radius 2 is 2.16 bits per heavy atom. The third-order valence-electron chi connectivity index (χ3n) is 3.55. The summed E-state index contributed by atoms with van der Waals surface area (Å²) in [5.41, 5.74) is 5.24. The first-order valence-corrected chi connectivity index (χ1v) is 6.82. The molecule has 0 aliphatic carbocycles. The van der Waals surface area contributed by atoms with Gasteiger partial charge in [-0.3, -0.25) is 4.79 Å². The van der Waals surface area contributed by atoms with Crippen molar-refractivity contribution in [3.63, 3.8) is 0 Å². The van der Waals surface area contributed by atoms with Crippen molar-refractivity contribution >= 4 is 5.91 Å². The van der Waals surface area contributed by atoms with Crippen molar-refractivity contribution in [1.82, 2.24) is 5.32 Å². The van der Waals surface area contributed by atoms with E-state index in [0.717, 1.165) is 19.3 Å². The lowest BCUT2D eigenvalue weighted by atomic mass is 9.81. The number of primary amides is 1. The quantitative estimate of drug-likeness (QED) is 0.528. The van der Waals surface area contributed by atoms with E-state index in [1.54, 1.807) is 6.08 Å². The molecule has 4 heteroatoms. The highest BCUT2D eigenvalue weighted by atomic mass is 16.3. The molecule has 0 aromatic carbocycles. The second-order valence-electron chi connectivity index (χ2n) is 5.46. The molecular weight excluding hydrogens is 240 g/mol. The summed E-state index contributed by atoms with van der Waals surface area (Å²) in [4.78, 5) is 11.6. The zero-order chi connectivity index (χ0) is 14.9. The van der Waals surface area contributed by atoms with E-state index in [4.69, 9.17) is 5.73 Å². The number of nitrogens with two attached hydrogens (primary N) is 1. The van der Waals surface area contributed by atoms with Gasteiger partial charge in [-0.25, -0.2) is 0 Å². The topological polar surface area (TPSA) is 75.3 Å². The minimum atomic E-state index is -0.432. The van der Waals surface area contributed by atoms with Gasteiger partial charge in [0.1, 0.15) is 0 Å². The standard InChI is InChI=1S/C15H28N2O2/c1-5-7-8-9-10-12(11-18)17-13(14(16)19)15(3,4)6-2/h5,7-8,12-13,17-18H,1,6,9-11H2,2-4H3,(H2,16,19)/b8-7-/t12-,13-/m1/s1. The van der Waals surface area contributed by atoms with E-state index in [-0.39, 0.29) is 24.0 Å². The predicted octanol–water partition coefficient (Wildman–Crippen LogP) is 1.75. The van der Waals surface area contributed by atoms with Gasteiger partial charge in [-0.15, -0.1) is 0 Å². The van der Waals surface area contributed by atoms with Crippen LogP contribution >= 0.6 is 0 Å². The Kier molecular flexibility index (Phi) is 8.35. The fourth-order valence-corrected chi connectivity index (χ4v) is 1.85. The van der Waals surface area contributed by atoms with E-state index in [2.05, 4.69) is 11.9 Å². The Bertz CT molecular complexity index is 311. The van der Waals surface area contributed by atoms with Crippen LogP contribution in [0.5, 0.6) is 0 Å². The number of amides is 1. The summed E-state index contributed by atoms with van der Waals surface area (Å²) >= 11 is 0. The van der Waals surface area contributed by atoms with E-state index in [1.165, 1.54) is 0 Å². The highest BCUT2D eigenvalue weighted by molar-refractivity contribution is 5.80. The zero-order valence-corrected chi connectivity index (χ0v) is 12.4. The molecule has 0 rings (SSSR count). The van der Waals surface area contributed by atoms with Crippen molar-refractivity contribution in [2.45, 2.75) is 52.1 Å². The number of hydrogen-bond acceptors (Lipinski definition) is 3. The van der Waals surface area contributed by atoms with Gasteiger partial charge in [0.25, 0.3) is 0 Å². The molecule has 2 atom stereocenters. The predicted molar refractivity (Wildman–Crippen MR) is 79.6 cm³/mol. The summed E-state index contributed by atoms with van der Waals surface area (Å²) in [6.07, 6.45) is 7.99. The molecule has 0 saturated carbocycles. The van der Waals surface area contributed by atoms with Gasteiger partial charge in [-0.05, 0) is 24.7 Å². The van der Waals surface area contributed by atoms with Crippen LogP contribution < -0.4 is 11.1 Å². The Morgan fingerprint density at radius 3 is 2.58 bits per heavy atom. The maximum Gasteiger partial charge on any atom is 0.235 e. The fourth-order valence-electron chi connectivity index (χ4n) is 1.85. The Morgan fingerprint density at radius 1 is 1.53 bits per heavy atom. The zero-order valence-electron chi connectivity index (χ0n) is 12.4. The third kappa shape index (κ3) is 6.55. The summed E-state index contributed by atoms with van der Waals surface area (Å²) < 4.78 is 0. The SMILES string of the molecule is C=C/C=C\CC[C@H](CO)N[C@H](C(N)=O)C(C)(C)CC. The molecule has 19 heavy (non-hydrogen) atoms. The summed E-state index contributed by atoms with van der Waals surface area (Å²) in [7, 11) is 0. The molecule has 0 saturated heterocycles. The minimum absolute atomic E-state index is 0.00843. The van der Waals surface area contributed by atoms with Crippen LogP contribution in [0, 0.1) is 5.41 Å². The smallest absolute Gasteiger partial charge is 0.235 e. The number of aliphatic hydroxyl groups excluding tert-OH is 1. The average molecular weight is 268 g/mol. The maximum atomic E-state index is 11.6. The van der Waals surface area contributed by atoms with Crippen molar-refractivity contribution in [1.29, 1.82) is 0 Å². The molecule has 1 amide bonds. The van der Waals surface area contributed by atoms with E-state index in [0.29, 0.717) is 0 Å². The lowest BCUT2D eigenvalue weighted by molar-refractivity contribution is -0.123. The van der Waals surface area contributed by atoms with Crippen LogP contribution in [0.3, 0.4) is 0 Å². The molecule has 0 bridgehead atoms. The summed E-state index contributed by atoms with van der Waals surface area (Å²) in [5.74, 6) is -0.369. The van der Waals surface area contributed by atoms with Crippen LogP contribution in [0.15, 0.2) is 24.8 Å². The van der Waals surface area contributed by atoms with E-state index in [1.807, 2.05) is 32.9 Å². The van der Waals surface area contributed by atoms with Crippen LogP contribution in [0.4, 0.5) is 0 Å². The number of hydrogen-bond donors (Lipinski definition) is 3. The second kappa shape index (κ2) is 8.88. The van der Waals surface area contributed by atoms with Crippen LogP contribution in [0.2, 0.25) is 0 Å². The number of aliphatic hydroxyl groups is 1. The summed E-state index contributed by atoms with van der Waals surface area (Å²) in [6, 6.07) is -0.559. The van der Waals surface area contributed by atoms with E-state index < -0.39 is 6.04 Å². The van der Waals surface area contributed by atoms with E-state index in [9.17, 15) is 9.90 Å². The van der Waals surface area contributed by atoms with Gasteiger partial charge < -0.3 is 16.2 Å². The molecule has 0 aliphatic heterocycles. The van der Waals surface area contributed by atoms with E-state index >= 15 is 0 Å². The molecule has 4 N–H and O–H groups in total. The highest BCUT2D eigenvalue weighted by Crippen LogP contribution is 2.25. The molecular formula is C15H28N2O2. The molecule has 4 nitrogen and oxygen atoms in total. The van der Waals surface area contributed by atoms with Gasteiger partial charge in [-0.1, -0.05) is 45.6 Å². The third-order valence-corrected chi connectivity index (χ3v) is 3.55. The minimum Gasteiger partial charge on any atom is -0.395 e. The van der Waals surface area contributed by atoms with Gasteiger partial charge in [0, 0.05) is 6.04 Å². The van der Waals surface area contributed by atoms with Gasteiger partial charge >= 0.3 is 0 Å². The number of carbonyl (C=O) groups excluding carboxylic acids is 1. The van der Waals surface area contributed by atoms with Gasteiger partial charge in [-0.2, -0.15) is 0 Å². The van der Waals surface area contributed by atoms with Crippen molar-refractivity contribution in [3.8, 4) is 0 Å². The largest absolute Gasteiger partial charge is 0.395 e.